The van der Waals surface area contributed by atoms with Crippen molar-refractivity contribution >= 4 is 0 Å². The number of nitrogens with zero attached hydrogens (tertiary/aromatic N) is 2. The Morgan fingerprint density at radius 3 is 2.43 bits per heavy atom. The minimum absolute atomic E-state index is 0.475. The molecule has 2 N–H and O–H groups in total. The quantitative estimate of drug-likeness (QED) is 0.450. The van der Waals surface area contributed by atoms with Crippen LogP contribution in [0, 0.1) is 0 Å². The Labute approximate surface area is 85.7 Å². The van der Waals surface area contributed by atoms with Crippen molar-refractivity contribution in [2.45, 2.75) is 0 Å². The van der Waals surface area contributed by atoms with Crippen LogP contribution in [-0.2, 0) is 9.57 Å². The van der Waals surface area contributed by atoms with Gasteiger partial charge >= 0.3 is 0 Å². The maximum Gasteiger partial charge on any atom is 0.0913 e. The molecule has 14 heavy (non-hydrogen) atoms. The molecule has 1 saturated heterocycles. The van der Waals surface area contributed by atoms with Crippen LogP contribution in [0.2, 0.25) is 0 Å². The second-order valence-electron chi connectivity index (χ2n) is 3.63. The van der Waals surface area contributed by atoms with Crippen LogP contribution in [0.3, 0.4) is 0 Å². The number of hydrogen-bond donors (Lipinski definition) is 1. The summed E-state index contributed by atoms with van der Waals surface area (Å²) in [7, 11) is 2.16. The maximum absolute atomic E-state index is 5.34. The minimum Gasteiger partial charge on any atom is -0.378 e. The second-order valence-corrected chi connectivity index (χ2v) is 3.63. The fourth-order valence-corrected chi connectivity index (χ4v) is 1.47. The molecule has 0 aromatic heterocycles. The Hall–Kier alpha value is -0.200. The first-order valence-electron chi connectivity index (χ1n) is 5.13. The van der Waals surface area contributed by atoms with Gasteiger partial charge in [0.25, 0.3) is 0 Å². The molecule has 1 rings (SSSR count). The van der Waals surface area contributed by atoms with Crippen LogP contribution in [0.15, 0.2) is 0 Å². The molecule has 1 heterocycles. The van der Waals surface area contributed by atoms with E-state index in [4.69, 9.17) is 10.6 Å². The van der Waals surface area contributed by atoms with Crippen LogP contribution in [0.4, 0.5) is 0 Å². The first-order valence-corrected chi connectivity index (χ1v) is 5.13. The Morgan fingerprint density at radius 2 is 1.79 bits per heavy atom. The van der Waals surface area contributed by atoms with Crippen molar-refractivity contribution < 1.29 is 9.57 Å². The highest BCUT2D eigenvalue weighted by atomic mass is 16.6. The molecule has 1 aliphatic heterocycles. The van der Waals surface area contributed by atoms with Crippen molar-refractivity contribution in [1.82, 2.24) is 9.80 Å². The van der Waals surface area contributed by atoms with Gasteiger partial charge < -0.3 is 14.5 Å². The molecule has 0 aromatic rings. The van der Waals surface area contributed by atoms with Crippen molar-refractivity contribution in [3.8, 4) is 0 Å². The zero-order valence-electron chi connectivity index (χ0n) is 8.95. The normalized spacial score (nSPS) is 20.1. The fourth-order valence-electron chi connectivity index (χ4n) is 1.47. The molecule has 0 bridgehead atoms. The summed E-state index contributed by atoms with van der Waals surface area (Å²) in [6, 6.07) is 0. The third-order valence-corrected chi connectivity index (χ3v) is 2.49. The van der Waals surface area contributed by atoms with Crippen molar-refractivity contribution in [2.24, 2.45) is 5.90 Å². The smallest absolute Gasteiger partial charge is 0.0913 e. The zero-order chi connectivity index (χ0) is 10.2. The third kappa shape index (κ3) is 4.88. The van der Waals surface area contributed by atoms with E-state index >= 15 is 0 Å². The van der Waals surface area contributed by atoms with E-state index in [-0.39, 0.29) is 0 Å². The molecule has 0 spiro atoms. The third-order valence-electron chi connectivity index (χ3n) is 2.49. The van der Waals surface area contributed by atoms with Crippen molar-refractivity contribution in [3.05, 3.63) is 0 Å². The zero-order valence-corrected chi connectivity index (χ0v) is 8.95. The number of hydrogen-bond acceptors (Lipinski definition) is 5. The van der Waals surface area contributed by atoms with Gasteiger partial charge in [0.2, 0.25) is 0 Å². The van der Waals surface area contributed by atoms with Gasteiger partial charge in [-0.15, -0.1) is 0 Å². The summed E-state index contributed by atoms with van der Waals surface area (Å²) in [5.74, 6) is 4.87. The van der Waals surface area contributed by atoms with Crippen LogP contribution in [0.5, 0.6) is 0 Å². The van der Waals surface area contributed by atoms with Gasteiger partial charge in [0.1, 0.15) is 0 Å². The summed E-state index contributed by atoms with van der Waals surface area (Å²) in [5.41, 5.74) is 0. The van der Waals surface area contributed by atoms with Crippen LogP contribution in [0.25, 0.3) is 0 Å². The second kappa shape index (κ2) is 7.14. The number of ether oxygens (including phenoxy) is 1. The Kier molecular flexibility index (Phi) is 6.05. The topological polar surface area (TPSA) is 51.0 Å². The molecule has 0 amide bonds. The summed E-state index contributed by atoms with van der Waals surface area (Å²) < 4.78 is 5.34. The predicted octanol–water partition coefficient (Wildman–Crippen LogP) is -0.859. The van der Waals surface area contributed by atoms with Gasteiger partial charge in [-0.25, -0.2) is 5.90 Å². The highest BCUT2D eigenvalue weighted by Gasteiger charge is 2.12. The Morgan fingerprint density at radius 1 is 1.07 bits per heavy atom. The van der Waals surface area contributed by atoms with E-state index in [0.29, 0.717) is 13.2 Å². The van der Waals surface area contributed by atoms with E-state index in [1.807, 2.05) is 0 Å². The molecule has 84 valence electrons. The molecule has 1 fully saturated rings. The standard InChI is InChI=1S/C9H21N3O2/c1-11-2-4-12(5-3-11)6-7-13-8-9-14-10/h2-10H2,1H3. The van der Waals surface area contributed by atoms with E-state index < -0.39 is 0 Å². The van der Waals surface area contributed by atoms with Crippen molar-refractivity contribution in [2.75, 3.05) is 59.6 Å². The molecular formula is C9H21N3O2. The summed E-state index contributed by atoms with van der Waals surface area (Å²) in [4.78, 5) is 9.17. The van der Waals surface area contributed by atoms with Crippen LogP contribution < -0.4 is 5.90 Å². The predicted molar refractivity (Wildman–Crippen MR) is 54.9 cm³/mol. The first kappa shape index (κ1) is 11.9. The number of nitrogens with two attached hydrogens (primary N) is 1. The number of likely N-dealkylation sites (N-methyl/N-ethyl adjacent to an activating group) is 1. The van der Waals surface area contributed by atoms with Crippen LogP contribution >= 0.6 is 0 Å². The van der Waals surface area contributed by atoms with E-state index in [9.17, 15) is 0 Å². The first-order chi connectivity index (χ1) is 6.83. The molecule has 5 nitrogen and oxygen atoms in total. The molecule has 0 saturated carbocycles. The van der Waals surface area contributed by atoms with Gasteiger partial charge in [0.15, 0.2) is 0 Å². The van der Waals surface area contributed by atoms with Crippen LogP contribution in [-0.4, -0.2) is 69.4 Å². The monoisotopic (exact) mass is 203 g/mol. The lowest BCUT2D eigenvalue weighted by atomic mass is 10.3. The van der Waals surface area contributed by atoms with Gasteiger partial charge in [-0.05, 0) is 7.05 Å². The van der Waals surface area contributed by atoms with E-state index in [2.05, 4.69) is 21.7 Å². The minimum atomic E-state index is 0.475. The van der Waals surface area contributed by atoms with Gasteiger partial charge in [0, 0.05) is 32.7 Å². The lowest BCUT2D eigenvalue weighted by Gasteiger charge is -2.32. The summed E-state index contributed by atoms with van der Waals surface area (Å²) >= 11 is 0. The lowest BCUT2D eigenvalue weighted by Crippen LogP contribution is -2.45. The summed E-state index contributed by atoms with van der Waals surface area (Å²) in [6.45, 7) is 7.46. The van der Waals surface area contributed by atoms with E-state index in [1.54, 1.807) is 0 Å². The van der Waals surface area contributed by atoms with Gasteiger partial charge in [-0.3, -0.25) is 4.90 Å². The lowest BCUT2D eigenvalue weighted by molar-refractivity contribution is 0.0330. The van der Waals surface area contributed by atoms with Gasteiger partial charge in [0.05, 0.1) is 19.8 Å². The van der Waals surface area contributed by atoms with Crippen molar-refractivity contribution in [3.63, 3.8) is 0 Å². The molecule has 0 atom stereocenters. The van der Waals surface area contributed by atoms with Crippen LogP contribution in [0.1, 0.15) is 0 Å². The SMILES string of the molecule is CN1CCN(CCOCCON)CC1. The molecule has 1 aliphatic rings. The van der Waals surface area contributed by atoms with Gasteiger partial charge in [-0.1, -0.05) is 0 Å². The molecular weight excluding hydrogens is 182 g/mol. The largest absolute Gasteiger partial charge is 0.378 e. The average molecular weight is 203 g/mol. The number of piperazine rings is 1. The van der Waals surface area contributed by atoms with E-state index in [1.165, 1.54) is 0 Å². The molecule has 0 aromatic carbocycles. The Bertz CT molecular complexity index is 138. The highest BCUT2D eigenvalue weighted by molar-refractivity contribution is 4.68. The van der Waals surface area contributed by atoms with E-state index in [0.717, 1.165) is 39.3 Å². The Balaban J connectivity index is 1.91. The molecule has 0 aliphatic carbocycles. The number of rotatable bonds is 6. The molecule has 0 unspecified atom stereocenters. The maximum atomic E-state index is 5.34. The highest BCUT2D eigenvalue weighted by Crippen LogP contribution is 1.97. The molecule has 0 radical (unpaired) electrons. The fraction of sp³-hybridized carbons (Fsp3) is 1.00. The van der Waals surface area contributed by atoms with Crippen molar-refractivity contribution in [1.29, 1.82) is 0 Å². The summed E-state index contributed by atoms with van der Waals surface area (Å²) in [6.07, 6.45) is 0. The summed E-state index contributed by atoms with van der Waals surface area (Å²) in [5, 5.41) is 0. The van der Waals surface area contributed by atoms with Gasteiger partial charge in [-0.2, -0.15) is 0 Å². The molecule has 5 heteroatoms. The average Bonchev–Trinajstić information content (AvgIpc) is 2.21.